The maximum atomic E-state index is 4.87. The van der Waals surface area contributed by atoms with Gasteiger partial charge in [0.1, 0.15) is 0 Å². The van der Waals surface area contributed by atoms with Crippen molar-refractivity contribution in [3.63, 3.8) is 0 Å². The van der Waals surface area contributed by atoms with Crippen molar-refractivity contribution in [2.75, 3.05) is 0 Å². The van der Waals surface area contributed by atoms with Gasteiger partial charge < -0.3 is 0 Å². The summed E-state index contributed by atoms with van der Waals surface area (Å²) in [7, 11) is 0. The Morgan fingerprint density at radius 2 is 2.43 bits per heavy atom. The third kappa shape index (κ3) is 3.05. The van der Waals surface area contributed by atoms with Crippen LogP contribution < -0.4 is 0 Å². The van der Waals surface area contributed by atoms with E-state index in [9.17, 15) is 0 Å². The molecular formula is C6H9N. The predicted molar refractivity (Wildman–Crippen MR) is 32.2 cm³/mol. The predicted octanol–water partition coefficient (Wildman–Crippen LogP) is 1.45. The van der Waals surface area contributed by atoms with Crippen molar-refractivity contribution < 1.29 is 0 Å². The summed E-state index contributed by atoms with van der Waals surface area (Å²) in [5.74, 6) is 0. The van der Waals surface area contributed by atoms with E-state index in [4.69, 9.17) is 6.42 Å². The molecule has 0 aromatic rings. The van der Waals surface area contributed by atoms with Crippen molar-refractivity contribution in [3.8, 4) is 12.5 Å². The van der Waals surface area contributed by atoms with Crippen LogP contribution in [0.3, 0.4) is 0 Å². The zero-order valence-electron chi connectivity index (χ0n) is 4.73. The van der Waals surface area contributed by atoms with E-state index >= 15 is 0 Å². The molecule has 0 heterocycles. The van der Waals surface area contributed by atoms with Gasteiger partial charge in [0.05, 0.1) is 0 Å². The van der Waals surface area contributed by atoms with Crippen LogP contribution >= 0.6 is 0 Å². The lowest BCUT2D eigenvalue weighted by Gasteiger charge is -1.83. The molecule has 0 aliphatic carbocycles. The molecule has 0 aromatic heterocycles. The molecule has 0 aliphatic rings. The quantitative estimate of drug-likeness (QED) is 0.345. The molecule has 0 saturated carbocycles. The van der Waals surface area contributed by atoms with Crippen LogP contribution in [0.25, 0.3) is 0 Å². The highest BCUT2D eigenvalue weighted by atomic mass is 14.7. The van der Waals surface area contributed by atoms with Crippen LogP contribution in [-0.2, 0) is 0 Å². The Balaban J connectivity index is 3.56. The molecular weight excluding hydrogens is 86.1 g/mol. The van der Waals surface area contributed by atoms with Crippen molar-refractivity contribution in [2.24, 2.45) is 4.99 Å². The second kappa shape index (κ2) is 3.42. The first-order chi connectivity index (χ1) is 3.31. The van der Waals surface area contributed by atoms with E-state index in [1.807, 2.05) is 13.8 Å². The Hall–Kier alpha value is -0.770. The molecule has 0 amide bonds. The van der Waals surface area contributed by atoms with Gasteiger partial charge in [0, 0.05) is 11.8 Å². The van der Waals surface area contributed by atoms with Crippen molar-refractivity contribution in [2.45, 2.75) is 20.3 Å². The molecule has 0 radical (unpaired) electrons. The number of terminal acetylenes is 1. The van der Waals surface area contributed by atoms with Gasteiger partial charge in [-0.05, 0) is 13.3 Å². The molecule has 1 heteroatoms. The Morgan fingerprint density at radius 3 is 2.57 bits per heavy atom. The van der Waals surface area contributed by atoms with Crippen molar-refractivity contribution >= 4 is 5.71 Å². The first-order valence-electron chi connectivity index (χ1n) is 2.30. The van der Waals surface area contributed by atoms with E-state index in [-0.39, 0.29) is 0 Å². The van der Waals surface area contributed by atoms with Crippen LogP contribution in [0.5, 0.6) is 0 Å². The lowest BCUT2D eigenvalue weighted by molar-refractivity contribution is 1.26. The first kappa shape index (κ1) is 6.23. The molecule has 0 rings (SSSR count). The van der Waals surface area contributed by atoms with Gasteiger partial charge in [-0.3, -0.25) is 0 Å². The summed E-state index contributed by atoms with van der Waals surface area (Å²) in [5, 5.41) is 0. The molecule has 0 unspecified atom stereocenters. The zero-order chi connectivity index (χ0) is 5.70. The standard InChI is InChI=1S/C6H9N/c1-4-6(3)7-5-2/h2H,4H2,1,3H3. The van der Waals surface area contributed by atoms with Crippen molar-refractivity contribution in [1.82, 2.24) is 0 Å². The number of nitrogens with zero attached hydrogens (tertiary/aromatic N) is 1. The number of rotatable bonds is 1. The van der Waals surface area contributed by atoms with Crippen LogP contribution in [0.2, 0.25) is 0 Å². The van der Waals surface area contributed by atoms with Gasteiger partial charge in [0.2, 0.25) is 0 Å². The molecule has 0 atom stereocenters. The highest BCUT2D eigenvalue weighted by molar-refractivity contribution is 5.82. The maximum Gasteiger partial charge on any atom is 0.0300 e. The largest absolute Gasteiger partial charge is 0.207 e. The number of hydrogen-bond acceptors (Lipinski definition) is 1. The molecule has 1 nitrogen and oxygen atoms in total. The second-order valence-corrected chi connectivity index (χ2v) is 1.33. The fraction of sp³-hybridized carbons (Fsp3) is 0.500. The van der Waals surface area contributed by atoms with Crippen LogP contribution in [0.4, 0.5) is 0 Å². The van der Waals surface area contributed by atoms with E-state index in [1.54, 1.807) is 0 Å². The Bertz CT molecular complexity index is 106. The summed E-state index contributed by atoms with van der Waals surface area (Å²) in [6.45, 7) is 3.94. The third-order valence-corrected chi connectivity index (χ3v) is 0.767. The summed E-state index contributed by atoms with van der Waals surface area (Å²) in [6, 6.07) is 2.21. The van der Waals surface area contributed by atoms with Gasteiger partial charge >= 0.3 is 0 Å². The minimum absolute atomic E-state index is 0.949. The van der Waals surface area contributed by atoms with Crippen molar-refractivity contribution in [1.29, 1.82) is 0 Å². The second-order valence-electron chi connectivity index (χ2n) is 1.33. The fourth-order valence-electron chi connectivity index (χ4n) is 0.189. The molecule has 0 aromatic carbocycles. The zero-order valence-corrected chi connectivity index (χ0v) is 4.73. The molecule has 0 fully saturated rings. The summed E-state index contributed by atoms with van der Waals surface area (Å²) in [5.41, 5.74) is 1.02. The normalized spacial score (nSPS) is 10.7. The van der Waals surface area contributed by atoms with Crippen LogP contribution in [0.15, 0.2) is 4.99 Å². The Morgan fingerprint density at radius 1 is 1.86 bits per heavy atom. The minimum Gasteiger partial charge on any atom is -0.207 e. The van der Waals surface area contributed by atoms with Gasteiger partial charge in [-0.1, -0.05) is 13.3 Å². The smallest absolute Gasteiger partial charge is 0.0300 e. The fourth-order valence-corrected chi connectivity index (χ4v) is 0.189. The van der Waals surface area contributed by atoms with Crippen LogP contribution in [0.1, 0.15) is 20.3 Å². The van der Waals surface area contributed by atoms with E-state index in [0.29, 0.717) is 0 Å². The van der Waals surface area contributed by atoms with Crippen LogP contribution in [0, 0.1) is 12.5 Å². The van der Waals surface area contributed by atoms with Crippen molar-refractivity contribution in [3.05, 3.63) is 0 Å². The topological polar surface area (TPSA) is 12.4 Å². The Labute approximate surface area is 44.5 Å². The lowest BCUT2D eigenvalue weighted by Crippen LogP contribution is -1.83. The molecule has 0 bridgehead atoms. The number of aliphatic imine (C=N–C) groups is 1. The molecule has 0 aliphatic heterocycles. The minimum atomic E-state index is 0.949. The van der Waals surface area contributed by atoms with Gasteiger partial charge in [-0.2, -0.15) is 0 Å². The maximum absolute atomic E-state index is 4.87. The summed E-state index contributed by atoms with van der Waals surface area (Å²) in [4.78, 5) is 3.69. The van der Waals surface area contributed by atoms with E-state index in [1.165, 1.54) is 0 Å². The molecule has 7 heavy (non-hydrogen) atoms. The average molecular weight is 95.1 g/mol. The van der Waals surface area contributed by atoms with E-state index in [0.717, 1.165) is 12.1 Å². The lowest BCUT2D eigenvalue weighted by atomic mass is 10.3. The van der Waals surface area contributed by atoms with Gasteiger partial charge in [0.25, 0.3) is 0 Å². The third-order valence-electron chi connectivity index (χ3n) is 0.767. The van der Waals surface area contributed by atoms with Gasteiger partial charge in [-0.15, -0.1) is 0 Å². The van der Waals surface area contributed by atoms with E-state index < -0.39 is 0 Å². The van der Waals surface area contributed by atoms with Crippen LogP contribution in [-0.4, -0.2) is 5.71 Å². The van der Waals surface area contributed by atoms with Gasteiger partial charge in [-0.25, -0.2) is 4.99 Å². The molecule has 38 valence electrons. The highest BCUT2D eigenvalue weighted by Gasteiger charge is 1.77. The number of hydrogen-bond donors (Lipinski definition) is 0. The Kier molecular flexibility index (Phi) is 3.04. The average Bonchev–Trinajstić information content (AvgIpc) is 1.68. The highest BCUT2D eigenvalue weighted by Crippen LogP contribution is 1.80. The molecule has 0 N–H and O–H groups in total. The monoisotopic (exact) mass is 95.1 g/mol. The van der Waals surface area contributed by atoms with E-state index in [2.05, 4.69) is 11.0 Å². The first-order valence-corrected chi connectivity index (χ1v) is 2.30. The summed E-state index contributed by atoms with van der Waals surface area (Å²) in [6.07, 6.45) is 5.82. The summed E-state index contributed by atoms with van der Waals surface area (Å²) < 4.78 is 0. The molecule has 0 saturated heterocycles. The summed E-state index contributed by atoms with van der Waals surface area (Å²) >= 11 is 0. The van der Waals surface area contributed by atoms with Gasteiger partial charge in [0.15, 0.2) is 0 Å². The molecule has 0 spiro atoms. The SMILES string of the molecule is C#CN=C(C)CC.